The molecule has 2 unspecified atom stereocenters. The fourth-order valence-electron chi connectivity index (χ4n) is 2.85. The summed E-state index contributed by atoms with van der Waals surface area (Å²) >= 11 is 0. The standard InChI is InChI=1S/C14H17N3O2/c15-10-5-13(14(18)19)17(8-10)7-9-6-16-12-4-2-1-3-11(9)12/h1-4,6,10,13,16H,5,7-8,15H2,(H,18,19). The minimum Gasteiger partial charge on any atom is -0.480 e. The zero-order valence-electron chi connectivity index (χ0n) is 10.5. The Bertz CT molecular complexity index is 608. The summed E-state index contributed by atoms with van der Waals surface area (Å²) in [6.45, 7) is 1.26. The van der Waals surface area contributed by atoms with Crippen molar-refractivity contribution in [1.82, 2.24) is 9.88 Å². The van der Waals surface area contributed by atoms with Gasteiger partial charge in [0.15, 0.2) is 0 Å². The molecule has 0 aliphatic carbocycles. The number of likely N-dealkylation sites (tertiary alicyclic amines) is 1. The number of rotatable bonds is 3. The quantitative estimate of drug-likeness (QED) is 0.772. The van der Waals surface area contributed by atoms with Crippen LogP contribution in [0.2, 0.25) is 0 Å². The van der Waals surface area contributed by atoms with Gasteiger partial charge in [0.2, 0.25) is 0 Å². The topological polar surface area (TPSA) is 82.3 Å². The summed E-state index contributed by atoms with van der Waals surface area (Å²) in [7, 11) is 0. The van der Waals surface area contributed by atoms with Crippen LogP contribution in [0.4, 0.5) is 0 Å². The van der Waals surface area contributed by atoms with Crippen molar-refractivity contribution < 1.29 is 9.90 Å². The fraction of sp³-hybridized carbons (Fsp3) is 0.357. The van der Waals surface area contributed by atoms with E-state index in [0.29, 0.717) is 19.5 Å². The first-order chi connectivity index (χ1) is 9.15. The van der Waals surface area contributed by atoms with E-state index < -0.39 is 12.0 Å². The van der Waals surface area contributed by atoms with Crippen molar-refractivity contribution in [2.75, 3.05) is 6.54 Å². The first-order valence-electron chi connectivity index (χ1n) is 6.42. The maximum absolute atomic E-state index is 11.2. The molecule has 2 atom stereocenters. The summed E-state index contributed by atoms with van der Waals surface area (Å²) in [5.74, 6) is -0.784. The Morgan fingerprint density at radius 1 is 1.47 bits per heavy atom. The molecule has 5 nitrogen and oxygen atoms in total. The molecule has 1 fully saturated rings. The third-order valence-electron chi connectivity index (χ3n) is 3.77. The smallest absolute Gasteiger partial charge is 0.320 e. The number of aromatic amines is 1. The molecular formula is C14H17N3O2. The number of hydrogen-bond donors (Lipinski definition) is 3. The van der Waals surface area contributed by atoms with Gasteiger partial charge in [-0.05, 0) is 18.1 Å². The van der Waals surface area contributed by atoms with Gasteiger partial charge in [-0.25, -0.2) is 0 Å². The van der Waals surface area contributed by atoms with Gasteiger partial charge < -0.3 is 15.8 Å². The van der Waals surface area contributed by atoms with E-state index in [1.807, 2.05) is 35.4 Å². The van der Waals surface area contributed by atoms with Gasteiger partial charge in [-0.15, -0.1) is 0 Å². The van der Waals surface area contributed by atoms with Gasteiger partial charge in [0.25, 0.3) is 0 Å². The molecule has 2 aromatic rings. The summed E-state index contributed by atoms with van der Waals surface area (Å²) in [4.78, 5) is 16.4. The van der Waals surface area contributed by atoms with Crippen LogP contribution in [0.25, 0.3) is 10.9 Å². The number of para-hydroxylation sites is 1. The lowest BCUT2D eigenvalue weighted by atomic mass is 10.1. The predicted molar refractivity (Wildman–Crippen MR) is 72.7 cm³/mol. The van der Waals surface area contributed by atoms with Crippen molar-refractivity contribution in [2.24, 2.45) is 5.73 Å². The highest BCUT2D eigenvalue weighted by molar-refractivity contribution is 5.83. The minimum absolute atomic E-state index is 0.0497. The fourth-order valence-corrected chi connectivity index (χ4v) is 2.85. The molecule has 1 saturated heterocycles. The van der Waals surface area contributed by atoms with Crippen molar-refractivity contribution >= 4 is 16.9 Å². The zero-order chi connectivity index (χ0) is 13.4. The number of carbonyl (C=O) groups is 1. The molecule has 1 aliphatic heterocycles. The molecule has 2 heterocycles. The maximum atomic E-state index is 11.2. The number of carboxylic acids is 1. The van der Waals surface area contributed by atoms with Crippen molar-refractivity contribution in [2.45, 2.75) is 25.0 Å². The highest BCUT2D eigenvalue weighted by Gasteiger charge is 2.35. The maximum Gasteiger partial charge on any atom is 0.320 e. The van der Waals surface area contributed by atoms with Crippen molar-refractivity contribution in [3.8, 4) is 0 Å². The number of aromatic nitrogens is 1. The second-order valence-corrected chi connectivity index (χ2v) is 5.14. The lowest BCUT2D eigenvalue weighted by Gasteiger charge is -2.20. The van der Waals surface area contributed by atoms with Crippen LogP contribution in [0.5, 0.6) is 0 Å². The highest BCUT2D eigenvalue weighted by Crippen LogP contribution is 2.24. The predicted octanol–water partition coefficient (Wildman–Crippen LogP) is 1.15. The molecule has 0 spiro atoms. The molecule has 19 heavy (non-hydrogen) atoms. The van der Waals surface area contributed by atoms with Gasteiger partial charge in [-0.2, -0.15) is 0 Å². The lowest BCUT2D eigenvalue weighted by Crippen LogP contribution is -2.35. The molecule has 0 radical (unpaired) electrons. The number of hydrogen-bond acceptors (Lipinski definition) is 3. The lowest BCUT2D eigenvalue weighted by molar-refractivity contribution is -0.142. The third kappa shape index (κ3) is 2.22. The summed E-state index contributed by atoms with van der Waals surface area (Å²) in [6, 6.07) is 7.52. The Kier molecular flexibility index (Phi) is 3.00. The van der Waals surface area contributed by atoms with Crippen LogP contribution in [0.1, 0.15) is 12.0 Å². The SMILES string of the molecule is NC1CC(C(=O)O)N(Cc2c[nH]c3ccccc23)C1. The van der Waals surface area contributed by atoms with Crippen LogP contribution < -0.4 is 5.73 Å². The van der Waals surface area contributed by atoms with E-state index in [2.05, 4.69) is 4.98 Å². The average molecular weight is 259 g/mol. The van der Waals surface area contributed by atoms with Crippen molar-refractivity contribution in [3.63, 3.8) is 0 Å². The molecule has 0 bridgehead atoms. The van der Waals surface area contributed by atoms with E-state index in [9.17, 15) is 9.90 Å². The average Bonchev–Trinajstić information content (AvgIpc) is 2.95. The van der Waals surface area contributed by atoms with Crippen LogP contribution in [0.15, 0.2) is 30.5 Å². The summed E-state index contributed by atoms with van der Waals surface area (Å²) in [5.41, 5.74) is 8.08. The molecule has 1 aromatic carbocycles. The van der Waals surface area contributed by atoms with Crippen LogP contribution in [0, 0.1) is 0 Å². The van der Waals surface area contributed by atoms with E-state index >= 15 is 0 Å². The van der Waals surface area contributed by atoms with E-state index in [-0.39, 0.29) is 6.04 Å². The summed E-state index contributed by atoms with van der Waals surface area (Å²) in [5, 5.41) is 10.4. The molecule has 3 rings (SSSR count). The first kappa shape index (κ1) is 12.2. The van der Waals surface area contributed by atoms with Gasteiger partial charge in [0, 0.05) is 36.2 Å². The van der Waals surface area contributed by atoms with Gasteiger partial charge in [-0.3, -0.25) is 9.69 Å². The van der Waals surface area contributed by atoms with E-state index in [0.717, 1.165) is 16.5 Å². The molecule has 4 N–H and O–H groups in total. The van der Waals surface area contributed by atoms with Gasteiger partial charge >= 0.3 is 5.97 Å². The number of carboxylic acid groups (broad SMARTS) is 1. The zero-order valence-corrected chi connectivity index (χ0v) is 10.5. The Hall–Kier alpha value is -1.85. The number of aliphatic carboxylic acids is 1. The van der Waals surface area contributed by atoms with Crippen LogP contribution in [-0.4, -0.2) is 39.6 Å². The third-order valence-corrected chi connectivity index (χ3v) is 3.77. The molecule has 5 heteroatoms. The van der Waals surface area contributed by atoms with Crippen molar-refractivity contribution in [1.29, 1.82) is 0 Å². The van der Waals surface area contributed by atoms with E-state index in [1.165, 1.54) is 0 Å². The highest BCUT2D eigenvalue weighted by atomic mass is 16.4. The summed E-state index contributed by atoms with van der Waals surface area (Å²) < 4.78 is 0. The molecular weight excluding hydrogens is 242 g/mol. The second kappa shape index (κ2) is 4.68. The van der Waals surface area contributed by atoms with Gasteiger partial charge in [0.05, 0.1) is 0 Å². The van der Waals surface area contributed by atoms with Gasteiger partial charge in [-0.1, -0.05) is 18.2 Å². The number of nitrogens with zero attached hydrogens (tertiary/aromatic N) is 1. The largest absolute Gasteiger partial charge is 0.480 e. The van der Waals surface area contributed by atoms with E-state index in [1.54, 1.807) is 0 Å². The Morgan fingerprint density at radius 3 is 3.05 bits per heavy atom. The number of nitrogens with two attached hydrogens (primary N) is 1. The number of fused-ring (bicyclic) bond motifs is 1. The molecule has 0 saturated carbocycles. The van der Waals surface area contributed by atoms with Crippen LogP contribution >= 0.6 is 0 Å². The normalized spacial score (nSPS) is 24.1. The molecule has 1 aliphatic rings. The first-order valence-corrected chi connectivity index (χ1v) is 6.42. The van der Waals surface area contributed by atoms with Crippen LogP contribution in [-0.2, 0) is 11.3 Å². The Morgan fingerprint density at radius 2 is 2.26 bits per heavy atom. The molecule has 1 aromatic heterocycles. The van der Waals surface area contributed by atoms with Crippen LogP contribution in [0.3, 0.4) is 0 Å². The number of H-pyrrole nitrogens is 1. The number of nitrogens with one attached hydrogen (secondary N) is 1. The number of benzene rings is 1. The van der Waals surface area contributed by atoms with Crippen molar-refractivity contribution in [3.05, 3.63) is 36.0 Å². The van der Waals surface area contributed by atoms with Gasteiger partial charge in [0.1, 0.15) is 6.04 Å². The molecule has 0 amide bonds. The van der Waals surface area contributed by atoms with E-state index in [4.69, 9.17) is 5.73 Å². The summed E-state index contributed by atoms with van der Waals surface area (Å²) in [6.07, 6.45) is 2.48. The monoisotopic (exact) mass is 259 g/mol. The molecule has 100 valence electrons. The Balaban J connectivity index is 1.86. The Labute approximate surface area is 111 Å². The second-order valence-electron chi connectivity index (χ2n) is 5.14. The minimum atomic E-state index is -0.784.